The van der Waals surface area contributed by atoms with Gasteiger partial charge in [0.15, 0.2) is 11.4 Å². The number of nitrogens with zero attached hydrogens (tertiary/aromatic N) is 2. The average molecular weight is 310 g/mol. The van der Waals surface area contributed by atoms with Crippen LogP contribution in [-0.2, 0) is 6.54 Å². The Balaban J connectivity index is 1.76. The van der Waals surface area contributed by atoms with E-state index in [-0.39, 0.29) is 0 Å². The topological polar surface area (TPSA) is 51.0 Å². The second kappa shape index (κ2) is 5.31. The molecule has 0 radical (unpaired) electrons. The van der Waals surface area contributed by atoms with Gasteiger partial charge < -0.3 is 9.73 Å². The first-order chi connectivity index (χ1) is 10.8. The molecule has 22 heavy (non-hydrogen) atoms. The number of rotatable bonds is 3. The van der Waals surface area contributed by atoms with Gasteiger partial charge >= 0.3 is 0 Å². The van der Waals surface area contributed by atoms with Crippen LogP contribution in [-0.4, -0.2) is 9.97 Å². The fourth-order valence-electron chi connectivity index (χ4n) is 2.46. The molecule has 0 bridgehead atoms. The molecule has 0 saturated heterocycles. The van der Waals surface area contributed by atoms with Crippen molar-refractivity contribution >= 4 is 39.5 Å². The Morgan fingerprint density at radius 2 is 1.91 bits per heavy atom. The molecule has 4 nitrogen and oxygen atoms in total. The summed E-state index contributed by atoms with van der Waals surface area (Å²) in [5, 5.41) is 4.86. The maximum absolute atomic E-state index is 6.06. The molecule has 0 saturated carbocycles. The molecule has 4 rings (SSSR count). The fourth-order valence-corrected chi connectivity index (χ4v) is 2.63. The number of hydrogen-bond acceptors (Lipinski definition) is 4. The lowest BCUT2D eigenvalue weighted by atomic mass is 10.2. The van der Waals surface area contributed by atoms with Gasteiger partial charge in [0.2, 0.25) is 0 Å². The van der Waals surface area contributed by atoms with Crippen LogP contribution in [0, 0.1) is 0 Å². The van der Waals surface area contributed by atoms with E-state index in [2.05, 4.69) is 27.4 Å². The quantitative estimate of drug-likeness (QED) is 0.599. The van der Waals surface area contributed by atoms with Crippen LogP contribution in [0.2, 0.25) is 5.02 Å². The highest BCUT2D eigenvalue weighted by atomic mass is 35.5. The zero-order valence-electron chi connectivity index (χ0n) is 11.6. The molecule has 108 valence electrons. The van der Waals surface area contributed by atoms with Gasteiger partial charge in [-0.2, -0.15) is 0 Å². The molecule has 0 aliphatic rings. The monoisotopic (exact) mass is 309 g/mol. The molecule has 0 amide bonds. The second-order valence-corrected chi connectivity index (χ2v) is 5.42. The highest BCUT2D eigenvalue weighted by Gasteiger charge is 2.13. The van der Waals surface area contributed by atoms with E-state index in [0.717, 1.165) is 16.5 Å². The number of aromatic nitrogens is 2. The molecule has 5 heteroatoms. The van der Waals surface area contributed by atoms with Crippen molar-refractivity contribution < 1.29 is 4.42 Å². The van der Waals surface area contributed by atoms with Crippen molar-refractivity contribution in [3.63, 3.8) is 0 Å². The summed E-state index contributed by atoms with van der Waals surface area (Å²) in [6.07, 6.45) is 1.53. The number of furan rings is 1. The maximum atomic E-state index is 6.06. The normalized spacial score (nSPS) is 11.1. The van der Waals surface area contributed by atoms with Crippen LogP contribution in [0.25, 0.3) is 22.1 Å². The SMILES string of the molecule is Clc1ccc2oc3c(NCc4ccccc4)ncnc3c2c1. The first-order valence-electron chi connectivity index (χ1n) is 6.92. The van der Waals surface area contributed by atoms with E-state index in [1.54, 1.807) is 6.07 Å². The van der Waals surface area contributed by atoms with E-state index in [4.69, 9.17) is 16.0 Å². The standard InChI is InChI=1S/C17H12ClN3O/c18-12-6-7-14-13(8-12)15-16(22-14)17(21-10-20-15)19-9-11-4-2-1-3-5-11/h1-8,10H,9H2,(H,19,20,21). The van der Waals surface area contributed by atoms with Gasteiger partial charge in [0.1, 0.15) is 17.4 Å². The zero-order valence-corrected chi connectivity index (χ0v) is 12.3. The summed E-state index contributed by atoms with van der Waals surface area (Å²) in [6.45, 7) is 0.671. The molecule has 2 aromatic carbocycles. The van der Waals surface area contributed by atoms with Gasteiger partial charge in [0.05, 0.1) is 0 Å². The van der Waals surface area contributed by atoms with Gasteiger partial charge in [-0.25, -0.2) is 9.97 Å². The van der Waals surface area contributed by atoms with Crippen molar-refractivity contribution in [2.75, 3.05) is 5.32 Å². The molecule has 2 aromatic heterocycles. The van der Waals surface area contributed by atoms with Crippen LogP contribution < -0.4 is 5.32 Å². The number of nitrogens with one attached hydrogen (secondary N) is 1. The predicted molar refractivity (Wildman–Crippen MR) is 88.1 cm³/mol. The summed E-state index contributed by atoms with van der Waals surface area (Å²) in [4.78, 5) is 8.61. The minimum absolute atomic E-state index is 0.649. The van der Waals surface area contributed by atoms with Crippen LogP contribution >= 0.6 is 11.6 Å². The molecule has 0 spiro atoms. The predicted octanol–water partition coefficient (Wildman–Crippen LogP) is 4.64. The summed E-state index contributed by atoms with van der Waals surface area (Å²) >= 11 is 6.06. The van der Waals surface area contributed by atoms with Gasteiger partial charge in [-0.3, -0.25) is 0 Å². The Labute approximate surface area is 131 Å². The molecule has 0 aliphatic heterocycles. The molecule has 0 unspecified atom stereocenters. The molecular weight excluding hydrogens is 298 g/mol. The zero-order chi connectivity index (χ0) is 14.9. The first-order valence-corrected chi connectivity index (χ1v) is 7.29. The molecule has 0 fully saturated rings. The van der Waals surface area contributed by atoms with Gasteiger partial charge in [0.25, 0.3) is 0 Å². The first kappa shape index (κ1) is 13.1. The van der Waals surface area contributed by atoms with E-state index in [9.17, 15) is 0 Å². The van der Waals surface area contributed by atoms with Crippen molar-refractivity contribution in [1.82, 2.24) is 9.97 Å². The lowest BCUT2D eigenvalue weighted by Gasteiger charge is -2.05. The van der Waals surface area contributed by atoms with Crippen molar-refractivity contribution in [1.29, 1.82) is 0 Å². The Kier molecular flexibility index (Phi) is 3.16. The third-order valence-electron chi connectivity index (χ3n) is 3.52. The van der Waals surface area contributed by atoms with Crippen molar-refractivity contribution in [2.24, 2.45) is 0 Å². The van der Waals surface area contributed by atoms with Crippen LogP contribution in [0.3, 0.4) is 0 Å². The second-order valence-electron chi connectivity index (χ2n) is 4.98. The summed E-state index contributed by atoms with van der Waals surface area (Å²) in [6, 6.07) is 15.6. The molecular formula is C17H12ClN3O. The van der Waals surface area contributed by atoms with Crippen molar-refractivity contribution in [3.8, 4) is 0 Å². The van der Waals surface area contributed by atoms with E-state index in [0.29, 0.717) is 23.0 Å². The average Bonchev–Trinajstić information content (AvgIpc) is 2.92. The van der Waals surface area contributed by atoms with E-state index in [1.165, 1.54) is 11.9 Å². The van der Waals surface area contributed by atoms with Crippen molar-refractivity contribution in [3.05, 3.63) is 65.4 Å². The molecule has 1 N–H and O–H groups in total. The molecule has 4 aromatic rings. The van der Waals surface area contributed by atoms with Crippen LogP contribution in [0.15, 0.2) is 59.3 Å². The number of anilines is 1. The molecule has 0 atom stereocenters. The van der Waals surface area contributed by atoms with Crippen LogP contribution in [0.5, 0.6) is 0 Å². The van der Waals surface area contributed by atoms with Gasteiger partial charge in [-0.15, -0.1) is 0 Å². The minimum atomic E-state index is 0.649. The summed E-state index contributed by atoms with van der Waals surface area (Å²) in [5.74, 6) is 0.682. The third-order valence-corrected chi connectivity index (χ3v) is 3.75. The Bertz CT molecular complexity index is 950. The van der Waals surface area contributed by atoms with Gasteiger partial charge in [-0.1, -0.05) is 41.9 Å². The highest BCUT2D eigenvalue weighted by Crippen LogP contribution is 2.32. The minimum Gasteiger partial charge on any atom is -0.450 e. The maximum Gasteiger partial charge on any atom is 0.196 e. The Hall–Kier alpha value is -2.59. The van der Waals surface area contributed by atoms with Crippen LogP contribution in [0.1, 0.15) is 5.56 Å². The molecule has 0 aliphatic carbocycles. The molecule has 2 heterocycles. The Morgan fingerprint density at radius 1 is 1.05 bits per heavy atom. The number of hydrogen-bond donors (Lipinski definition) is 1. The number of benzene rings is 2. The Morgan fingerprint density at radius 3 is 2.77 bits per heavy atom. The van der Waals surface area contributed by atoms with Crippen molar-refractivity contribution in [2.45, 2.75) is 6.54 Å². The highest BCUT2D eigenvalue weighted by molar-refractivity contribution is 6.31. The third kappa shape index (κ3) is 2.27. The van der Waals surface area contributed by atoms with Gasteiger partial charge in [0, 0.05) is 17.0 Å². The summed E-state index contributed by atoms with van der Waals surface area (Å²) in [7, 11) is 0. The van der Waals surface area contributed by atoms with E-state index >= 15 is 0 Å². The van der Waals surface area contributed by atoms with Crippen LogP contribution in [0.4, 0.5) is 5.82 Å². The van der Waals surface area contributed by atoms with Gasteiger partial charge in [-0.05, 0) is 23.8 Å². The van der Waals surface area contributed by atoms with E-state index < -0.39 is 0 Å². The fraction of sp³-hybridized carbons (Fsp3) is 0.0588. The lowest BCUT2D eigenvalue weighted by molar-refractivity contribution is 0.666. The number of halogens is 1. The smallest absolute Gasteiger partial charge is 0.196 e. The number of fused-ring (bicyclic) bond motifs is 3. The summed E-state index contributed by atoms with van der Waals surface area (Å²) in [5.41, 5.74) is 3.34. The summed E-state index contributed by atoms with van der Waals surface area (Å²) < 4.78 is 5.88. The van der Waals surface area contributed by atoms with E-state index in [1.807, 2.05) is 30.3 Å². The lowest BCUT2D eigenvalue weighted by Crippen LogP contribution is -2.01. The largest absolute Gasteiger partial charge is 0.450 e.